The van der Waals surface area contributed by atoms with E-state index in [-0.39, 0.29) is 0 Å². The zero-order valence-electron chi connectivity index (χ0n) is 15.6. The van der Waals surface area contributed by atoms with Gasteiger partial charge in [-0.3, -0.25) is 0 Å². The average Bonchev–Trinajstić information content (AvgIpc) is 3.48. The normalized spacial score (nSPS) is 11.2. The SMILES string of the molecule is CCc1noc(CSc2nnc(Cc3cccs3)n2CCc2ccccc2)n1. The average molecular weight is 412 g/mol. The molecule has 0 unspecified atom stereocenters. The number of benzene rings is 1. The number of aryl methyl sites for hydroxylation is 2. The van der Waals surface area contributed by atoms with Gasteiger partial charge in [-0.25, -0.2) is 0 Å². The Kier molecular flexibility index (Phi) is 6.18. The van der Waals surface area contributed by atoms with E-state index < -0.39 is 0 Å². The molecule has 0 saturated heterocycles. The van der Waals surface area contributed by atoms with Crippen molar-refractivity contribution in [2.45, 2.75) is 43.6 Å². The van der Waals surface area contributed by atoms with Gasteiger partial charge >= 0.3 is 0 Å². The minimum Gasteiger partial charge on any atom is -0.338 e. The summed E-state index contributed by atoms with van der Waals surface area (Å²) in [6, 6.07) is 14.7. The second-order valence-corrected chi connectivity index (χ2v) is 8.26. The standard InChI is InChI=1S/C20H21N5OS2/c1-2-17-21-19(26-24-17)14-28-20-23-22-18(13-16-9-6-12-27-16)25(20)11-10-15-7-4-3-5-8-15/h3-9,12H,2,10-11,13-14H2,1H3. The predicted octanol–water partition coefficient (Wildman–Crippen LogP) is 4.41. The van der Waals surface area contributed by atoms with E-state index in [1.165, 1.54) is 10.4 Å². The van der Waals surface area contributed by atoms with Crippen molar-refractivity contribution in [1.29, 1.82) is 0 Å². The molecule has 6 nitrogen and oxygen atoms in total. The van der Waals surface area contributed by atoms with Gasteiger partial charge in [-0.15, -0.1) is 21.5 Å². The largest absolute Gasteiger partial charge is 0.338 e. The van der Waals surface area contributed by atoms with E-state index in [2.05, 4.69) is 66.7 Å². The zero-order valence-corrected chi connectivity index (χ0v) is 17.2. The highest BCUT2D eigenvalue weighted by molar-refractivity contribution is 7.98. The Bertz CT molecular complexity index is 995. The summed E-state index contributed by atoms with van der Waals surface area (Å²) < 4.78 is 7.52. The summed E-state index contributed by atoms with van der Waals surface area (Å²) in [5.41, 5.74) is 1.30. The van der Waals surface area contributed by atoms with Gasteiger partial charge in [-0.2, -0.15) is 4.98 Å². The van der Waals surface area contributed by atoms with Crippen molar-refractivity contribution in [2.24, 2.45) is 0 Å². The van der Waals surface area contributed by atoms with Gasteiger partial charge in [0.25, 0.3) is 0 Å². The molecule has 0 aliphatic carbocycles. The summed E-state index contributed by atoms with van der Waals surface area (Å²) in [7, 11) is 0. The Hall–Kier alpha value is -2.45. The molecule has 4 aromatic rings. The number of aromatic nitrogens is 5. The van der Waals surface area contributed by atoms with Crippen molar-refractivity contribution in [3.8, 4) is 0 Å². The lowest BCUT2D eigenvalue weighted by molar-refractivity contribution is 0.385. The van der Waals surface area contributed by atoms with Crippen LogP contribution >= 0.6 is 23.1 Å². The van der Waals surface area contributed by atoms with Crippen molar-refractivity contribution >= 4 is 23.1 Å². The molecule has 0 amide bonds. The molecule has 4 rings (SSSR count). The van der Waals surface area contributed by atoms with Gasteiger partial charge in [-0.05, 0) is 23.4 Å². The van der Waals surface area contributed by atoms with Gasteiger partial charge in [0, 0.05) is 24.3 Å². The second kappa shape index (κ2) is 9.16. The van der Waals surface area contributed by atoms with Gasteiger partial charge in [-0.1, -0.05) is 60.2 Å². The van der Waals surface area contributed by atoms with Gasteiger partial charge in [0.15, 0.2) is 11.0 Å². The fourth-order valence-corrected chi connectivity index (χ4v) is 4.38. The highest BCUT2D eigenvalue weighted by Gasteiger charge is 2.15. The Morgan fingerprint density at radius 1 is 1.11 bits per heavy atom. The van der Waals surface area contributed by atoms with Gasteiger partial charge in [0.2, 0.25) is 5.89 Å². The predicted molar refractivity (Wildman–Crippen MR) is 111 cm³/mol. The highest BCUT2D eigenvalue weighted by Crippen LogP contribution is 2.24. The first-order chi connectivity index (χ1) is 13.8. The van der Waals surface area contributed by atoms with Crippen LogP contribution in [-0.2, 0) is 31.6 Å². The number of rotatable bonds is 9. The number of hydrogen-bond donors (Lipinski definition) is 0. The highest BCUT2D eigenvalue weighted by atomic mass is 32.2. The summed E-state index contributed by atoms with van der Waals surface area (Å²) in [5, 5.41) is 15.9. The molecular formula is C20H21N5OS2. The molecule has 0 spiro atoms. The van der Waals surface area contributed by atoms with E-state index in [4.69, 9.17) is 4.52 Å². The monoisotopic (exact) mass is 411 g/mol. The summed E-state index contributed by atoms with van der Waals surface area (Å²) >= 11 is 3.33. The van der Waals surface area contributed by atoms with E-state index in [0.717, 1.165) is 42.6 Å². The van der Waals surface area contributed by atoms with Crippen LogP contribution in [-0.4, -0.2) is 24.9 Å². The fraction of sp³-hybridized carbons (Fsp3) is 0.300. The molecule has 0 aliphatic rings. The van der Waals surface area contributed by atoms with E-state index in [1.807, 2.05) is 13.0 Å². The maximum absolute atomic E-state index is 5.30. The molecule has 0 radical (unpaired) electrons. The molecule has 28 heavy (non-hydrogen) atoms. The Morgan fingerprint density at radius 3 is 2.75 bits per heavy atom. The molecule has 0 saturated carbocycles. The van der Waals surface area contributed by atoms with Crippen LogP contribution in [0, 0.1) is 0 Å². The van der Waals surface area contributed by atoms with Crippen LogP contribution in [0.1, 0.15) is 34.9 Å². The van der Waals surface area contributed by atoms with Crippen molar-refractivity contribution < 1.29 is 4.52 Å². The van der Waals surface area contributed by atoms with Gasteiger partial charge in [0.05, 0.1) is 5.75 Å². The molecule has 0 bridgehead atoms. The number of hydrogen-bond acceptors (Lipinski definition) is 7. The topological polar surface area (TPSA) is 69.6 Å². The summed E-state index contributed by atoms with van der Waals surface area (Å²) in [5.74, 6) is 2.94. The van der Waals surface area contributed by atoms with Crippen molar-refractivity contribution in [3.63, 3.8) is 0 Å². The van der Waals surface area contributed by atoms with Crippen LogP contribution in [0.5, 0.6) is 0 Å². The van der Waals surface area contributed by atoms with E-state index in [0.29, 0.717) is 11.6 Å². The zero-order chi connectivity index (χ0) is 19.2. The van der Waals surface area contributed by atoms with E-state index >= 15 is 0 Å². The lowest BCUT2D eigenvalue weighted by Crippen LogP contribution is -2.08. The van der Waals surface area contributed by atoms with Crippen LogP contribution in [0.2, 0.25) is 0 Å². The Labute approximate surface area is 172 Å². The third-order valence-corrected chi connectivity index (χ3v) is 6.15. The molecular weight excluding hydrogens is 390 g/mol. The Morgan fingerprint density at radius 2 is 2.00 bits per heavy atom. The molecule has 0 N–H and O–H groups in total. The fourth-order valence-electron chi connectivity index (χ4n) is 2.85. The van der Waals surface area contributed by atoms with E-state index in [1.54, 1.807) is 23.1 Å². The summed E-state index contributed by atoms with van der Waals surface area (Å²) in [6.07, 6.45) is 2.50. The molecule has 144 valence electrons. The molecule has 1 aromatic carbocycles. The molecule has 0 fully saturated rings. The van der Waals surface area contributed by atoms with Crippen LogP contribution in [0.15, 0.2) is 57.5 Å². The third-order valence-electron chi connectivity index (χ3n) is 4.32. The van der Waals surface area contributed by atoms with Crippen LogP contribution < -0.4 is 0 Å². The second-order valence-electron chi connectivity index (χ2n) is 6.29. The maximum atomic E-state index is 5.30. The lowest BCUT2D eigenvalue weighted by Gasteiger charge is -2.09. The number of nitrogens with zero attached hydrogens (tertiary/aromatic N) is 5. The van der Waals surface area contributed by atoms with Crippen LogP contribution in [0.25, 0.3) is 0 Å². The molecule has 0 atom stereocenters. The minimum atomic E-state index is 0.593. The molecule has 3 aromatic heterocycles. The van der Waals surface area contributed by atoms with Crippen LogP contribution in [0.4, 0.5) is 0 Å². The van der Waals surface area contributed by atoms with Crippen molar-refractivity contribution in [1.82, 2.24) is 24.9 Å². The first-order valence-corrected chi connectivity index (χ1v) is 11.1. The molecule has 8 heteroatoms. The third kappa shape index (κ3) is 4.69. The molecule has 3 heterocycles. The molecule has 0 aliphatic heterocycles. The van der Waals surface area contributed by atoms with Gasteiger partial charge in [0.1, 0.15) is 5.82 Å². The van der Waals surface area contributed by atoms with Crippen LogP contribution in [0.3, 0.4) is 0 Å². The van der Waals surface area contributed by atoms with Crippen molar-refractivity contribution in [2.75, 3.05) is 0 Å². The minimum absolute atomic E-state index is 0.593. The number of thioether (sulfide) groups is 1. The smallest absolute Gasteiger partial charge is 0.237 e. The first kappa shape index (κ1) is 18.9. The Balaban J connectivity index is 1.51. The first-order valence-electron chi connectivity index (χ1n) is 9.24. The van der Waals surface area contributed by atoms with E-state index in [9.17, 15) is 0 Å². The summed E-state index contributed by atoms with van der Waals surface area (Å²) in [4.78, 5) is 5.67. The van der Waals surface area contributed by atoms with Gasteiger partial charge < -0.3 is 9.09 Å². The maximum Gasteiger partial charge on any atom is 0.237 e. The number of thiophene rings is 1. The quantitative estimate of drug-likeness (QED) is 0.380. The summed E-state index contributed by atoms with van der Waals surface area (Å²) in [6.45, 7) is 2.85. The van der Waals surface area contributed by atoms with Crippen molar-refractivity contribution in [3.05, 3.63) is 75.8 Å². The lowest BCUT2D eigenvalue weighted by atomic mass is 10.1.